The molecule has 1 N–H and O–H groups in total. The number of carbonyl (C=O) groups excluding carboxylic acids is 2. The van der Waals surface area contributed by atoms with Crippen LogP contribution in [0.1, 0.15) is 48.7 Å². The summed E-state index contributed by atoms with van der Waals surface area (Å²) in [6, 6.07) is 21.5. The average molecular weight is 462 g/mol. The molecule has 1 atom stereocenters. The van der Waals surface area contributed by atoms with Gasteiger partial charge in [0.25, 0.3) is 5.91 Å². The fourth-order valence-electron chi connectivity index (χ4n) is 5.09. The summed E-state index contributed by atoms with van der Waals surface area (Å²) in [7, 11) is 0. The van der Waals surface area contributed by atoms with Crippen molar-refractivity contribution in [1.29, 1.82) is 0 Å². The van der Waals surface area contributed by atoms with Crippen molar-refractivity contribution in [2.75, 3.05) is 0 Å². The number of carbonyl (C=O) groups is 2. The molecule has 5 nitrogen and oxygen atoms in total. The van der Waals surface area contributed by atoms with E-state index in [1.54, 1.807) is 4.90 Å². The first-order valence-corrected chi connectivity index (χ1v) is 12.0. The van der Waals surface area contributed by atoms with Crippen LogP contribution < -0.4 is 5.32 Å². The highest BCUT2D eigenvalue weighted by Gasteiger charge is 2.48. The van der Waals surface area contributed by atoms with E-state index >= 15 is 0 Å². The summed E-state index contributed by atoms with van der Waals surface area (Å²) in [4.78, 5) is 29.2. The van der Waals surface area contributed by atoms with Gasteiger partial charge in [0.15, 0.2) is 0 Å². The first kappa shape index (κ1) is 21.8. The Hall–Kier alpha value is -3.05. The topological polar surface area (TPSA) is 54.3 Å². The lowest BCUT2D eigenvalue weighted by Gasteiger charge is -2.45. The first-order chi connectivity index (χ1) is 16.0. The van der Waals surface area contributed by atoms with Crippen molar-refractivity contribution in [1.82, 2.24) is 14.8 Å². The molecule has 170 valence electrons. The standard InChI is InChI=1S/C27H28ClN3O2/c1-27(26(33)29-21-12-6-7-13-21)18-30-23(19-9-3-2-4-10-19)15-16-24(30)25(32)31(27)17-20-11-5-8-14-22(20)28/h2-5,8-11,14-16,21H,6-7,12-13,17-18H2,1H3,(H,29,33)/t27-/m1/s1. The van der Waals surface area contributed by atoms with Crippen LogP contribution in [0.2, 0.25) is 5.02 Å². The minimum absolute atomic E-state index is 0.104. The molecule has 1 aliphatic carbocycles. The normalized spacial score (nSPS) is 20.7. The SMILES string of the molecule is C[C@]1(C(=O)NC2CCCC2)Cn2c(ccc2-c2ccccc2)C(=O)N1Cc1ccccc1Cl. The zero-order chi connectivity index (χ0) is 23.0. The maximum Gasteiger partial charge on any atom is 0.271 e. The van der Waals surface area contributed by atoms with Crippen LogP contribution in [0.4, 0.5) is 0 Å². The number of rotatable bonds is 5. The largest absolute Gasteiger partial charge is 0.351 e. The number of amides is 2. The Bertz CT molecular complexity index is 1180. The Morgan fingerprint density at radius 1 is 1.00 bits per heavy atom. The van der Waals surface area contributed by atoms with Crippen molar-refractivity contribution < 1.29 is 9.59 Å². The van der Waals surface area contributed by atoms with Gasteiger partial charge in [0.2, 0.25) is 5.91 Å². The average Bonchev–Trinajstić information content (AvgIpc) is 3.48. The van der Waals surface area contributed by atoms with Crippen molar-refractivity contribution in [3.8, 4) is 11.3 Å². The number of aromatic nitrogens is 1. The molecule has 0 saturated heterocycles. The summed E-state index contributed by atoms with van der Waals surface area (Å²) in [6.45, 7) is 2.54. The molecule has 1 aromatic heterocycles. The molecule has 2 amide bonds. The van der Waals surface area contributed by atoms with Crippen LogP contribution in [-0.2, 0) is 17.9 Å². The van der Waals surface area contributed by atoms with Gasteiger partial charge in [0.05, 0.1) is 6.54 Å². The van der Waals surface area contributed by atoms with Crippen LogP contribution in [-0.4, -0.2) is 32.9 Å². The van der Waals surface area contributed by atoms with Gasteiger partial charge in [-0.1, -0.05) is 73.0 Å². The smallest absolute Gasteiger partial charge is 0.271 e. The lowest BCUT2D eigenvalue weighted by atomic mass is 9.93. The van der Waals surface area contributed by atoms with Gasteiger partial charge in [-0.3, -0.25) is 9.59 Å². The second-order valence-electron chi connectivity index (χ2n) is 9.27. The van der Waals surface area contributed by atoms with Gasteiger partial charge in [-0.25, -0.2) is 0 Å². The molecule has 2 aromatic carbocycles. The Morgan fingerprint density at radius 2 is 1.67 bits per heavy atom. The summed E-state index contributed by atoms with van der Waals surface area (Å²) in [6.07, 6.45) is 4.24. The second kappa shape index (κ2) is 8.71. The Labute approximate surface area is 199 Å². The van der Waals surface area contributed by atoms with Crippen LogP contribution in [0.15, 0.2) is 66.7 Å². The van der Waals surface area contributed by atoms with Crippen molar-refractivity contribution in [3.05, 3.63) is 83.0 Å². The number of halogens is 1. The van der Waals surface area contributed by atoms with E-state index in [1.807, 2.05) is 78.2 Å². The van der Waals surface area contributed by atoms with Gasteiger partial charge in [-0.2, -0.15) is 0 Å². The van der Waals surface area contributed by atoms with E-state index in [-0.39, 0.29) is 24.4 Å². The number of fused-ring (bicyclic) bond motifs is 1. The third-order valence-corrected chi connectivity index (χ3v) is 7.41. The van der Waals surface area contributed by atoms with E-state index in [9.17, 15) is 9.59 Å². The second-order valence-corrected chi connectivity index (χ2v) is 9.67. The Kier molecular flexibility index (Phi) is 5.75. The number of hydrogen-bond donors (Lipinski definition) is 1. The summed E-state index contributed by atoms with van der Waals surface area (Å²) in [5.41, 5.74) is 2.34. The molecule has 1 fully saturated rings. The summed E-state index contributed by atoms with van der Waals surface area (Å²) in [5, 5.41) is 3.84. The van der Waals surface area contributed by atoms with Gasteiger partial charge in [-0.05, 0) is 49.1 Å². The van der Waals surface area contributed by atoms with Gasteiger partial charge >= 0.3 is 0 Å². The molecule has 3 aromatic rings. The fraction of sp³-hybridized carbons (Fsp3) is 0.333. The Balaban J connectivity index is 1.56. The minimum atomic E-state index is -1.05. The van der Waals surface area contributed by atoms with Gasteiger partial charge in [0.1, 0.15) is 11.2 Å². The molecule has 2 aliphatic rings. The number of nitrogens with one attached hydrogen (secondary N) is 1. The molecule has 1 aliphatic heterocycles. The lowest BCUT2D eigenvalue weighted by Crippen LogP contribution is -2.64. The third kappa shape index (κ3) is 3.95. The fourth-order valence-corrected chi connectivity index (χ4v) is 5.29. The number of benzene rings is 2. The van der Waals surface area contributed by atoms with Crippen LogP contribution in [0.5, 0.6) is 0 Å². The van der Waals surface area contributed by atoms with Crippen LogP contribution >= 0.6 is 11.6 Å². The third-order valence-electron chi connectivity index (χ3n) is 7.04. The predicted molar refractivity (Wildman–Crippen MR) is 130 cm³/mol. The monoisotopic (exact) mass is 461 g/mol. The van der Waals surface area contributed by atoms with E-state index in [1.165, 1.54) is 0 Å². The molecule has 0 radical (unpaired) electrons. The molecule has 5 rings (SSSR count). The van der Waals surface area contributed by atoms with Crippen molar-refractivity contribution >= 4 is 23.4 Å². The number of nitrogens with zero attached hydrogens (tertiary/aromatic N) is 2. The zero-order valence-electron chi connectivity index (χ0n) is 18.8. The van der Waals surface area contributed by atoms with Gasteiger partial charge < -0.3 is 14.8 Å². The van der Waals surface area contributed by atoms with Crippen LogP contribution in [0.3, 0.4) is 0 Å². The molecule has 0 spiro atoms. The lowest BCUT2D eigenvalue weighted by molar-refractivity contribution is -0.133. The maximum absolute atomic E-state index is 13.8. The maximum atomic E-state index is 13.8. The molecule has 33 heavy (non-hydrogen) atoms. The number of hydrogen-bond acceptors (Lipinski definition) is 2. The van der Waals surface area contributed by atoms with Gasteiger partial charge in [0, 0.05) is 23.3 Å². The van der Waals surface area contributed by atoms with E-state index in [0.717, 1.165) is 42.5 Å². The molecular weight excluding hydrogens is 434 g/mol. The van der Waals surface area contributed by atoms with E-state index in [4.69, 9.17) is 11.6 Å². The zero-order valence-corrected chi connectivity index (χ0v) is 19.5. The molecular formula is C27H28ClN3O2. The first-order valence-electron chi connectivity index (χ1n) is 11.6. The van der Waals surface area contributed by atoms with E-state index < -0.39 is 5.54 Å². The van der Waals surface area contributed by atoms with Crippen molar-refractivity contribution in [3.63, 3.8) is 0 Å². The predicted octanol–water partition coefficient (Wildman–Crippen LogP) is 5.28. The highest BCUT2D eigenvalue weighted by molar-refractivity contribution is 6.31. The van der Waals surface area contributed by atoms with Crippen molar-refractivity contribution in [2.24, 2.45) is 0 Å². The highest BCUT2D eigenvalue weighted by Crippen LogP contribution is 2.35. The van der Waals surface area contributed by atoms with Crippen LogP contribution in [0, 0.1) is 0 Å². The Morgan fingerprint density at radius 3 is 2.39 bits per heavy atom. The highest BCUT2D eigenvalue weighted by atomic mass is 35.5. The molecule has 6 heteroatoms. The summed E-state index contributed by atoms with van der Waals surface area (Å²) >= 11 is 6.44. The van der Waals surface area contributed by atoms with E-state index in [0.29, 0.717) is 17.3 Å². The molecule has 0 bridgehead atoms. The minimum Gasteiger partial charge on any atom is -0.351 e. The summed E-state index contributed by atoms with van der Waals surface area (Å²) in [5.74, 6) is -0.263. The van der Waals surface area contributed by atoms with Crippen molar-refractivity contribution in [2.45, 2.75) is 57.3 Å². The molecule has 2 heterocycles. The van der Waals surface area contributed by atoms with Gasteiger partial charge in [-0.15, -0.1) is 0 Å². The van der Waals surface area contributed by atoms with Crippen LogP contribution in [0.25, 0.3) is 11.3 Å². The quantitative estimate of drug-likeness (QED) is 0.561. The molecule has 0 unspecified atom stereocenters. The van der Waals surface area contributed by atoms with E-state index in [2.05, 4.69) is 5.32 Å². The molecule has 1 saturated carbocycles. The summed E-state index contributed by atoms with van der Waals surface area (Å²) < 4.78 is 2.00.